The highest BCUT2D eigenvalue weighted by Crippen LogP contribution is 2.30. The number of carbonyl (C=O) groups is 1. The molecule has 4 rings (SSSR count). The van der Waals surface area contributed by atoms with Crippen molar-refractivity contribution in [1.29, 1.82) is 0 Å². The average Bonchev–Trinajstić information content (AvgIpc) is 3.20. The van der Waals surface area contributed by atoms with Crippen LogP contribution >= 0.6 is 11.3 Å². The lowest BCUT2D eigenvalue weighted by molar-refractivity contribution is -0.131. The van der Waals surface area contributed by atoms with E-state index < -0.39 is 9.84 Å². The first-order valence-electron chi connectivity index (χ1n) is 10.2. The van der Waals surface area contributed by atoms with Gasteiger partial charge in [0.05, 0.1) is 16.2 Å². The highest BCUT2D eigenvalue weighted by atomic mass is 32.2. The molecule has 0 atom stereocenters. The zero-order valence-electron chi connectivity index (χ0n) is 17.0. The molecule has 1 saturated heterocycles. The zero-order valence-corrected chi connectivity index (χ0v) is 18.7. The fraction of sp³-hybridized carbons (Fsp3) is 0.364. The zero-order chi connectivity index (χ0) is 21.8. The Bertz CT molecular complexity index is 1160. The predicted octanol–water partition coefficient (Wildman–Crippen LogP) is 3.48. The number of anilines is 1. The second-order valence-corrected chi connectivity index (χ2v) is 10.8. The fourth-order valence-electron chi connectivity index (χ4n) is 3.69. The van der Waals surface area contributed by atoms with E-state index in [-0.39, 0.29) is 29.7 Å². The topological polar surface area (TPSA) is 70.6 Å². The number of para-hydroxylation sites is 1. The number of halogens is 1. The van der Waals surface area contributed by atoms with Crippen molar-refractivity contribution in [2.45, 2.75) is 18.6 Å². The molecule has 2 aromatic carbocycles. The Balaban J connectivity index is 1.25. The summed E-state index contributed by atoms with van der Waals surface area (Å²) in [6.07, 6.45) is 0.547. The van der Waals surface area contributed by atoms with Gasteiger partial charge in [-0.3, -0.25) is 4.79 Å². The van der Waals surface area contributed by atoms with Gasteiger partial charge in [-0.25, -0.2) is 17.8 Å². The van der Waals surface area contributed by atoms with E-state index in [4.69, 9.17) is 0 Å². The molecular formula is C22H24FN3O3S2. The number of sulfone groups is 1. The number of amides is 1. The van der Waals surface area contributed by atoms with E-state index in [1.807, 2.05) is 24.3 Å². The first-order valence-corrected chi connectivity index (χ1v) is 12.9. The van der Waals surface area contributed by atoms with Gasteiger partial charge in [0.15, 0.2) is 15.0 Å². The van der Waals surface area contributed by atoms with E-state index in [1.54, 1.807) is 23.1 Å². The monoisotopic (exact) mass is 461 g/mol. The van der Waals surface area contributed by atoms with Gasteiger partial charge in [0.2, 0.25) is 5.91 Å². The van der Waals surface area contributed by atoms with Crippen LogP contribution in [0.2, 0.25) is 0 Å². The lowest BCUT2D eigenvalue weighted by atomic mass is 10.2. The van der Waals surface area contributed by atoms with E-state index in [9.17, 15) is 17.6 Å². The molecule has 0 bridgehead atoms. The minimum atomic E-state index is -3.24. The number of nitrogens with zero attached hydrogens (tertiary/aromatic N) is 3. The number of carbonyl (C=O) groups excluding carboxylic acids is 1. The van der Waals surface area contributed by atoms with Crippen LogP contribution in [0.3, 0.4) is 0 Å². The Hall–Kier alpha value is -2.52. The first-order chi connectivity index (χ1) is 14.9. The Morgan fingerprint density at radius 3 is 2.48 bits per heavy atom. The summed E-state index contributed by atoms with van der Waals surface area (Å²) < 4.78 is 39.3. The van der Waals surface area contributed by atoms with Crippen molar-refractivity contribution in [3.63, 3.8) is 0 Å². The molecule has 0 N–H and O–H groups in total. The molecule has 164 valence electrons. The van der Waals surface area contributed by atoms with E-state index in [0.29, 0.717) is 38.1 Å². The Labute approximate surface area is 185 Å². The number of fused-ring (bicyclic) bond motifs is 1. The third-order valence-corrected chi connectivity index (χ3v) is 8.10. The number of hydrogen-bond donors (Lipinski definition) is 0. The van der Waals surface area contributed by atoms with Gasteiger partial charge in [0.1, 0.15) is 11.3 Å². The molecule has 6 nitrogen and oxygen atoms in total. The standard InChI is InChI=1S/C22H24FN3O3S2/c23-18-8-4-9-19-21(18)24-22(30-19)26-13-11-25(12-14-26)20(27)10-5-15-31(28,29)16-17-6-2-1-3-7-17/h1-4,6-9H,5,10-16H2. The summed E-state index contributed by atoms with van der Waals surface area (Å²) in [4.78, 5) is 20.8. The summed E-state index contributed by atoms with van der Waals surface area (Å²) in [5.41, 5.74) is 1.15. The lowest BCUT2D eigenvalue weighted by Gasteiger charge is -2.34. The van der Waals surface area contributed by atoms with Crippen LogP contribution in [0.1, 0.15) is 18.4 Å². The number of aromatic nitrogens is 1. The normalized spacial score (nSPS) is 14.9. The van der Waals surface area contributed by atoms with Gasteiger partial charge in [-0.15, -0.1) is 0 Å². The van der Waals surface area contributed by atoms with Crippen LogP contribution < -0.4 is 4.90 Å². The minimum Gasteiger partial charge on any atom is -0.345 e. The minimum absolute atomic E-state index is 0.00344. The largest absolute Gasteiger partial charge is 0.345 e. The fourth-order valence-corrected chi connectivity index (χ4v) is 6.15. The van der Waals surface area contributed by atoms with Gasteiger partial charge in [-0.2, -0.15) is 0 Å². The molecule has 0 spiro atoms. The summed E-state index contributed by atoms with van der Waals surface area (Å²) in [7, 11) is -3.24. The number of thiazole rings is 1. The molecule has 3 aromatic rings. The van der Waals surface area contributed by atoms with Gasteiger partial charge in [0.25, 0.3) is 0 Å². The van der Waals surface area contributed by atoms with E-state index in [1.165, 1.54) is 17.4 Å². The smallest absolute Gasteiger partial charge is 0.222 e. The lowest BCUT2D eigenvalue weighted by Crippen LogP contribution is -2.48. The van der Waals surface area contributed by atoms with Crippen LogP contribution in [-0.4, -0.2) is 56.1 Å². The molecule has 1 amide bonds. The molecule has 0 unspecified atom stereocenters. The van der Waals surface area contributed by atoms with Gasteiger partial charge in [-0.1, -0.05) is 47.7 Å². The van der Waals surface area contributed by atoms with Gasteiger partial charge >= 0.3 is 0 Å². The van der Waals surface area contributed by atoms with Gasteiger partial charge < -0.3 is 9.80 Å². The van der Waals surface area contributed by atoms with Crippen LogP contribution in [0.15, 0.2) is 48.5 Å². The molecule has 31 heavy (non-hydrogen) atoms. The summed E-state index contributed by atoms with van der Waals surface area (Å²) in [5.74, 6) is -0.338. The molecule has 1 fully saturated rings. The first kappa shape index (κ1) is 21.7. The molecule has 1 aromatic heterocycles. The van der Waals surface area contributed by atoms with Crippen molar-refractivity contribution in [2.75, 3.05) is 36.8 Å². The Morgan fingerprint density at radius 1 is 1.03 bits per heavy atom. The molecule has 9 heteroatoms. The number of hydrogen-bond acceptors (Lipinski definition) is 6. The van der Waals surface area contributed by atoms with Crippen molar-refractivity contribution in [3.8, 4) is 0 Å². The van der Waals surface area contributed by atoms with Crippen molar-refractivity contribution in [2.24, 2.45) is 0 Å². The predicted molar refractivity (Wildman–Crippen MR) is 122 cm³/mol. The summed E-state index contributed by atoms with van der Waals surface area (Å²) >= 11 is 1.45. The van der Waals surface area contributed by atoms with Crippen molar-refractivity contribution >= 4 is 42.4 Å². The maximum absolute atomic E-state index is 13.9. The maximum atomic E-state index is 13.9. The second kappa shape index (κ2) is 9.32. The molecule has 0 radical (unpaired) electrons. The third kappa shape index (κ3) is 5.40. The SMILES string of the molecule is O=C(CCCS(=O)(=O)Cc1ccccc1)N1CCN(c2nc3c(F)cccc3s2)CC1. The van der Waals surface area contributed by atoms with Crippen molar-refractivity contribution < 1.29 is 17.6 Å². The third-order valence-electron chi connectivity index (χ3n) is 5.34. The van der Waals surface area contributed by atoms with Crippen molar-refractivity contribution in [1.82, 2.24) is 9.88 Å². The van der Waals surface area contributed by atoms with Gasteiger partial charge in [-0.05, 0) is 24.1 Å². The molecular weight excluding hydrogens is 437 g/mol. The highest BCUT2D eigenvalue weighted by Gasteiger charge is 2.24. The van der Waals surface area contributed by atoms with Crippen LogP contribution in [-0.2, 0) is 20.4 Å². The molecule has 1 aliphatic rings. The van der Waals surface area contributed by atoms with Crippen molar-refractivity contribution in [3.05, 3.63) is 59.9 Å². The number of benzene rings is 2. The van der Waals surface area contributed by atoms with Crippen LogP contribution in [0.25, 0.3) is 10.2 Å². The number of piperazine rings is 1. The second-order valence-electron chi connectivity index (χ2n) is 7.63. The van der Waals surface area contributed by atoms with E-state index in [2.05, 4.69) is 9.88 Å². The molecule has 0 aliphatic carbocycles. The molecule has 0 saturated carbocycles. The number of rotatable bonds is 7. The highest BCUT2D eigenvalue weighted by molar-refractivity contribution is 7.90. The quantitative estimate of drug-likeness (QED) is 0.539. The maximum Gasteiger partial charge on any atom is 0.222 e. The summed E-state index contributed by atoms with van der Waals surface area (Å²) in [6.45, 7) is 2.35. The Kier molecular flexibility index (Phi) is 6.52. The van der Waals surface area contributed by atoms with E-state index >= 15 is 0 Å². The summed E-state index contributed by atoms with van der Waals surface area (Å²) in [6, 6.07) is 14.0. The average molecular weight is 462 g/mol. The van der Waals surface area contributed by atoms with Crippen LogP contribution in [0, 0.1) is 5.82 Å². The summed E-state index contributed by atoms with van der Waals surface area (Å²) in [5, 5.41) is 0.763. The Morgan fingerprint density at radius 2 is 1.77 bits per heavy atom. The van der Waals surface area contributed by atoms with Crippen LogP contribution in [0.4, 0.5) is 9.52 Å². The van der Waals surface area contributed by atoms with Crippen LogP contribution in [0.5, 0.6) is 0 Å². The molecule has 2 heterocycles. The van der Waals surface area contributed by atoms with Gasteiger partial charge in [0, 0.05) is 32.6 Å². The molecule has 1 aliphatic heterocycles. The van der Waals surface area contributed by atoms with E-state index in [0.717, 1.165) is 15.4 Å².